The predicted molar refractivity (Wildman–Crippen MR) is 80.5 cm³/mol. The monoisotopic (exact) mass is 331 g/mol. The van der Waals surface area contributed by atoms with Crippen molar-refractivity contribution in [1.82, 2.24) is 4.72 Å². The van der Waals surface area contributed by atoms with E-state index in [4.69, 9.17) is 11.6 Å². The van der Waals surface area contributed by atoms with Crippen molar-refractivity contribution in [1.29, 1.82) is 0 Å². The van der Waals surface area contributed by atoms with E-state index in [-0.39, 0.29) is 10.8 Å². The van der Waals surface area contributed by atoms with E-state index in [1.807, 2.05) is 0 Å². The van der Waals surface area contributed by atoms with Crippen LogP contribution in [0.15, 0.2) is 46.0 Å². The fourth-order valence-electron chi connectivity index (χ4n) is 1.72. The zero-order valence-electron chi connectivity index (χ0n) is 10.7. The number of benzene rings is 1. The molecule has 7 heteroatoms. The summed E-state index contributed by atoms with van der Waals surface area (Å²) in [6.45, 7) is 1.36. The van der Waals surface area contributed by atoms with Gasteiger partial charge in [0.15, 0.2) is 0 Å². The summed E-state index contributed by atoms with van der Waals surface area (Å²) in [5.41, 5.74) is -0.904. The van der Waals surface area contributed by atoms with Gasteiger partial charge in [-0.25, -0.2) is 13.1 Å². The van der Waals surface area contributed by atoms with Gasteiger partial charge in [-0.05, 0) is 24.4 Å². The smallest absolute Gasteiger partial charge is 0.250 e. The molecule has 4 nitrogen and oxygen atoms in total. The fraction of sp³-hybridized carbons (Fsp3) is 0.231. The van der Waals surface area contributed by atoms with E-state index < -0.39 is 15.6 Å². The van der Waals surface area contributed by atoms with Gasteiger partial charge in [0.1, 0.15) is 9.81 Å². The van der Waals surface area contributed by atoms with Gasteiger partial charge in [0.25, 0.3) is 0 Å². The van der Waals surface area contributed by atoms with Crippen LogP contribution in [-0.2, 0) is 15.6 Å². The Morgan fingerprint density at radius 1 is 1.30 bits per heavy atom. The van der Waals surface area contributed by atoms with Crippen LogP contribution in [0.1, 0.15) is 12.5 Å². The first-order valence-corrected chi connectivity index (χ1v) is 8.57. The summed E-state index contributed by atoms with van der Waals surface area (Å²) in [6, 6.07) is 9.98. The van der Waals surface area contributed by atoms with Crippen molar-refractivity contribution in [2.24, 2.45) is 0 Å². The number of sulfonamides is 1. The zero-order valence-corrected chi connectivity index (χ0v) is 13.1. The van der Waals surface area contributed by atoms with Gasteiger partial charge in [-0.1, -0.05) is 35.9 Å². The second-order valence-electron chi connectivity index (χ2n) is 4.51. The maximum Gasteiger partial charge on any atom is 0.250 e. The number of nitrogens with one attached hydrogen (secondary N) is 1. The minimum absolute atomic E-state index is 0.156. The Balaban J connectivity index is 2.16. The first kappa shape index (κ1) is 15.5. The summed E-state index contributed by atoms with van der Waals surface area (Å²) in [5, 5.41) is 12.5. The van der Waals surface area contributed by atoms with Crippen molar-refractivity contribution in [2.75, 3.05) is 6.54 Å². The Morgan fingerprint density at radius 3 is 2.60 bits per heavy atom. The van der Waals surface area contributed by atoms with E-state index >= 15 is 0 Å². The molecule has 1 aromatic carbocycles. The van der Waals surface area contributed by atoms with Gasteiger partial charge >= 0.3 is 0 Å². The van der Waals surface area contributed by atoms with Crippen LogP contribution in [0.5, 0.6) is 0 Å². The third-order valence-electron chi connectivity index (χ3n) is 2.82. The van der Waals surface area contributed by atoms with Gasteiger partial charge < -0.3 is 5.11 Å². The van der Waals surface area contributed by atoms with Gasteiger partial charge in [0.2, 0.25) is 10.0 Å². The molecule has 2 aromatic rings. The molecule has 1 heterocycles. The lowest BCUT2D eigenvalue weighted by atomic mass is 9.96. The summed E-state index contributed by atoms with van der Waals surface area (Å²) in [5.74, 6) is 0. The van der Waals surface area contributed by atoms with Crippen LogP contribution in [-0.4, -0.2) is 20.1 Å². The average molecular weight is 332 g/mol. The molecule has 108 valence electrons. The highest BCUT2D eigenvalue weighted by Gasteiger charge is 2.28. The first-order chi connectivity index (χ1) is 9.33. The van der Waals surface area contributed by atoms with Gasteiger partial charge in [-0.15, -0.1) is 11.3 Å². The highest BCUT2D eigenvalue weighted by Crippen LogP contribution is 2.27. The first-order valence-electron chi connectivity index (χ1n) is 5.83. The Kier molecular flexibility index (Phi) is 4.51. The molecule has 0 aliphatic heterocycles. The summed E-state index contributed by atoms with van der Waals surface area (Å²) in [7, 11) is -3.61. The third kappa shape index (κ3) is 3.39. The topological polar surface area (TPSA) is 66.4 Å². The van der Waals surface area contributed by atoms with E-state index in [9.17, 15) is 13.5 Å². The summed E-state index contributed by atoms with van der Waals surface area (Å²) >= 11 is 7.14. The average Bonchev–Trinajstić information content (AvgIpc) is 2.92. The Labute approximate surface area is 127 Å². The molecular weight excluding hydrogens is 318 g/mol. The molecule has 0 saturated carbocycles. The minimum atomic E-state index is -3.61. The largest absolute Gasteiger partial charge is 0.384 e. The minimum Gasteiger partial charge on any atom is -0.384 e. The van der Waals surface area contributed by atoms with E-state index in [1.54, 1.807) is 35.7 Å². The van der Waals surface area contributed by atoms with E-state index in [0.717, 1.165) is 11.3 Å². The second-order valence-corrected chi connectivity index (χ2v) is 7.86. The molecular formula is C13H14ClNO3S2. The lowest BCUT2D eigenvalue weighted by molar-refractivity contribution is 0.0629. The number of thiophene rings is 1. The molecule has 2 rings (SSSR count). The number of hydrogen-bond donors (Lipinski definition) is 2. The molecule has 0 spiro atoms. The van der Waals surface area contributed by atoms with E-state index in [2.05, 4.69) is 4.72 Å². The summed E-state index contributed by atoms with van der Waals surface area (Å²) in [4.78, 5) is 0. The highest BCUT2D eigenvalue weighted by atomic mass is 35.5. The van der Waals surface area contributed by atoms with Crippen LogP contribution in [0.2, 0.25) is 5.02 Å². The van der Waals surface area contributed by atoms with Crippen molar-refractivity contribution >= 4 is 33.0 Å². The Morgan fingerprint density at radius 2 is 2.00 bits per heavy atom. The van der Waals surface area contributed by atoms with Crippen LogP contribution in [0.3, 0.4) is 0 Å². The molecule has 0 aliphatic rings. The van der Waals surface area contributed by atoms with Gasteiger partial charge in [0, 0.05) is 17.1 Å². The third-order valence-corrected chi connectivity index (χ3v) is 5.95. The van der Waals surface area contributed by atoms with Crippen LogP contribution in [0.25, 0.3) is 0 Å². The predicted octanol–water partition coefficient (Wildman–Crippen LogP) is 2.59. The molecule has 0 saturated heterocycles. The Hall–Kier alpha value is -0.920. The number of hydrogen-bond acceptors (Lipinski definition) is 4. The molecule has 0 fully saturated rings. The fourth-order valence-corrected chi connectivity index (χ4v) is 4.23. The molecule has 0 unspecified atom stereocenters. The molecule has 0 bridgehead atoms. The maximum absolute atomic E-state index is 12.0. The van der Waals surface area contributed by atoms with Crippen LogP contribution >= 0.6 is 22.9 Å². The van der Waals surface area contributed by atoms with Gasteiger partial charge in [-0.2, -0.15) is 0 Å². The zero-order chi connectivity index (χ0) is 14.8. The summed E-state index contributed by atoms with van der Waals surface area (Å²) in [6.07, 6.45) is 0. The molecule has 1 atom stereocenters. The maximum atomic E-state index is 12.0. The van der Waals surface area contributed by atoms with Crippen LogP contribution in [0.4, 0.5) is 0 Å². The molecule has 0 aliphatic carbocycles. The normalized spacial score (nSPS) is 14.9. The SMILES string of the molecule is C[C@@](O)(CNS(=O)(=O)c1cccs1)c1ccccc1Cl. The number of rotatable bonds is 5. The van der Waals surface area contributed by atoms with Crippen molar-refractivity contribution in [3.05, 3.63) is 52.4 Å². The van der Waals surface area contributed by atoms with Gasteiger partial charge in [-0.3, -0.25) is 0 Å². The van der Waals surface area contributed by atoms with E-state index in [1.165, 1.54) is 13.0 Å². The summed E-state index contributed by atoms with van der Waals surface area (Å²) < 4.78 is 26.6. The number of aliphatic hydroxyl groups is 1. The van der Waals surface area contributed by atoms with Crippen molar-refractivity contribution in [2.45, 2.75) is 16.7 Å². The standard InChI is InChI=1S/C13H14ClNO3S2/c1-13(16,10-5-2-3-6-11(10)14)9-15-20(17,18)12-7-4-8-19-12/h2-8,15-16H,9H2,1H3/t13-/m1/s1. The Bertz CT molecular complexity index is 681. The van der Waals surface area contributed by atoms with Crippen molar-refractivity contribution in [3.63, 3.8) is 0 Å². The second kappa shape index (κ2) is 5.83. The molecule has 0 amide bonds. The highest BCUT2D eigenvalue weighted by molar-refractivity contribution is 7.91. The lowest BCUT2D eigenvalue weighted by Crippen LogP contribution is -2.38. The quantitative estimate of drug-likeness (QED) is 0.885. The van der Waals surface area contributed by atoms with Gasteiger partial charge in [0.05, 0.1) is 0 Å². The molecule has 2 N–H and O–H groups in total. The number of halogens is 1. The van der Waals surface area contributed by atoms with Crippen molar-refractivity contribution < 1.29 is 13.5 Å². The molecule has 20 heavy (non-hydrogen) atoms. The van der Waals surface area contributed by atoms with Crippen LogP contribution < -0.4 is 4.72 Å². The molecule has 1 aromatic heterocycles. The lowest BCUT2D eigenvalue weighted by Gasteiger charge is -2.25. The van der Waals surface area contributed by atoms with E-state index in [0.29, 0.717) is 10.6 Å². The molecule has 0 radical (unpaired) electrons. The van der Waals surface area contributed by atoms with Crippen LogP contribution in [0, 0.1) is 0 Å². The van der Waals surface area contributed by atoms with Crippen molar-refractivity contribution in [3.8, 4) is 0 Å².